The summed E-state index contributed by atoms with van der Waals surface area (Å²) in [4.78, 5) is 9.23. The number of hydrogen-bond donors (Lipinski definition) is 1. The van der Waals surface area contributed by atoms with E-state index in [1.807, 2.05) is 6.07 Å². The predicted octanol–water partition coefficient (Wildman–Crippen LogP) is 4.77. The predicted molar refractivity (Wildman–Crippen MR) is 91.6 cm³/mol. The van der Waals surface area contributed by atoms with E-state index in [0.717, 1.165) is 11.6 Å². The van der Waals surface area contributed by atoms with Gasteiger partial charge in [0.15, 0.2) is 0 Å². The molecule has 1 heterocycles. The minimum absolute atomic E-state index is 0.303. The Morgan fingerprint density at radius 3 is 2.36 bits per heavy atom. The first-order valence-electron chi connectivity index (χ1n) is 8.83. The topological polar surface area (TPSA) is 47.0 Å². The zero-order chi connectivity index (χ0) is 15.9. The number of rotatable bonds is 6. The van der Waals surface area contributed by atoms with E-state index in [1.54, 1.807) is 0 Å². The summed E-state index contributed by atoms with van der Waals surface area (Å²) in [5.74, 6) is 3.28. The van der Waals surface area contributed by atoms with Crippen molar-refractivity contribution in [1.29, 1.82) is 0 Å². The lowest BCUT2D eigenvalue weighted by Crippen LogP contribution is -2.20. The van der Waals surface area contributed by atoms with Gasteiger partial charge in [-0.15, -0.1) is 0 Å². The molecule has 0 atom stereocenters. The Balaban J connectivity index is 2.10. The minimum atomic E-state index is 0.303. The van der Waals surface area contributed by atoms with Gasteiger partial charge in [0, 0.05) is 18.0 Å². The third-order valence-electron chi connectivity index (χ3n) is 4.01. The van der Waals surface area contributed by atoms with Crippen molar-refractivity contribution in [3.63, 3.8) is 0 Å². The lowest BCUT2D eigenvalue weighted by molar-refractivity contribution is 0.260. The summed E-state index contributed by atoms with van der Waals surface area (Å²) in [6, 6.07) is 2.49. The molecule has 1 N–H and O–H groups in total. The van der Waals surface area contributed by atoms with Gasteiger partial charge in [-0.2, -0.15) is 4.98 Å². The second-order valence-electron chi connectivity index (χ2n) is 7.14. The molecule has 1 aliphatic rings. The van der Waals surface area contributed by atoms with Crippen LogP contribution in [0.3, 0.4) is 0 Å². The van der Waals surface area contributed by atoms with Crippen molar-refractivity contribution in [1.82, 2.24) is 9.97 Å². The molecule has 0 aromatic carbocycles. The van der Waals surface area contributed by atoms with Gasteiger partial charge in [-0.3, -0.25) is 0 Å². The van der Waals surface area contributed by atoms with E-state index in [0.29, 0.717) is 30.4 Å². The van der Waals surface area contributed by atoms with E-state index in [-0.39, 0.29) is 0 Å². The quantitative estimate of drug-likeness (QED) is 0.769. The Kier molecular flexibility index (Phi) is 6.47. The molecule has 0 radical (unpaired) electrons. The van der Waals surface area contributed by atoms with Gasteiger partial charge in [0.25, 0.3) is 0 Å². The summed E-state index contributed by atoms with van der Waals surface area (Å²) in [6.45, 7) is 9.23. The first-order chi connectivity index (χ1) is 10.5. The first-order valence-corrected chi connectivity index (χ1v) is 8.83. The van der Waals surface area contributed by atoms with Crippen molar-refractivity contribution < 1.29 is 4.74 Å². The smallest absolute Gasteiger partial charge is 0.218 e. The Morgan fingerprint density at radius 1 is 1.09 bits per heavy atom. The van der Waals surface area contributed by atoms with Gasteiger partial charge >= 0.3 is 0 Å². The molecule has 1 aromatic rings. The maximum Gasteiger partial charge on any atom is 0.218 e. The van der Waals surface area contributed by atoms with Crippen LogP contribution in [-0.2, 0) is 0 Å². The van der Waals surface area contributed by atoms with Crippen molar-refractivity contribution in [2.24, 2.45) is 5.92 Å². The fourth-order valence-electron chi connectivity index (χ4n) is 2.73. The summed E-state index contributed by atoms with van der Waals surface area (Å²) >= 11 is 0. The highest BCUT2D eigenvalue weighted by Gasteiger charge is 2.15. The number of nitrogens with zero attached hydrogens (tertiary/aromatic N) is 2. The monoisotopic (exact) mass is 305 g/mol. The zero-order valence-electron chi connectivity index (χ0n) is 14.6. The van der Waals surface area contributed by atoms with Gasteiger partial charge in [0.1, 0.15) is 11.6 Å². The number of ether oxygens (including phenoxy) is 1. The van der Waals surface area contributed by atoms with Crippen LogP contribution in [0.2, 0.25) is 0 Å². The van der Waals surface area contributed by atoms with Crippen molar-refractivity contribution >= 4 is 5.82 Å². The summed E-state index contributed by atoms with van der Waals surface area (Å²) < 4.78 is 5.82. The van der Waals surface area contributed by atoms with Crippen molar-refractivity contribution in [3.05, 3.63) is 11.9 Å². The molecule has 4 heteroatoms. The summed E-state index contributed by atoms with van der Waals surface area (Å²) in [5, 5.41) is 3.61. The Hall–Kier alpha value is -1.32. The highest BCUT2D eigenvalue weighted by Crippen LogP contribution is 2.23. The summed E-state index contributed by atoms with van der Waals surface area (Å²) in [7, 11) is 0. The minimum Gasteiger partial charge on any atom is -0.477 e. The second-order valence-corrected chi connectivity index (χ2v) is 7.14. The summed E-state index contributed by atoms with van der Waals surface area (Å²) in [5.41, 5.74) is 0. The molecule has 2 rings (SSSR count). The largest absolute Gasteiger partial charge is 0.477 e. The molecule has 22 heavy (non-hydrogen) atoms. The van der Waals surface area contributed by atoms with Gasteiger partial charge < -0.3 is 10.1 Å². The molecular formula is C18H31N3O. The number of anilines is 1. The van der Waals surface area contributed by atoms with Crippen molar-refractivity contribution in [3.8, 4) is 5.88 Å². The van der Waals surface area contributed by atoms with Gasteiger partial charge in [0.2, 0.25) is 5.88 Å². The Morgan fingerprint density at radius 2 is 1.77 bits per heavy atom. The van der Waals surface area contributed by atoms with Crippen LogP contribution in [0.25, 0.3) is 0 Å². The molecule has 1 saturated carbocycles. The molecule has 4 nitrogen and oxygen atoms in total. The zero-order valence-corrected chi connectivity index (χ0v) is 14.6. The van der Waals surface area contributed by atoms with Gasteiger partial charge in [0.05, 0.1) is 6.61 Å². The van der Waals surface area contributed by atoms with Crippen LogP contribution in [0.4, 0.5) is 5.82 Å². The highest BCUT2D eigenvalue weighted by atomic mass is 16.5. The van der Waals surface area contributed by atoms with Crippen LogP contribution in [0.5, 0.6) is 5.88 Å². The van der Waals surface area contributed by atoms with Gasteiger partial charge in [-0.25, -0.2) is 4.98 Å². The number of aromatic nitrogens is 2. The third kappa shape index (κ3) is 5.47. The summed E-state index contributed by atoms with van der Waals surface area (Å²) in [6.07, 6.45) is 7.84. The maximum absolute atomic E-state index is 5.82. The molecule has 0 aliphatic heterocycles. The van der Waals surface area contributed by atoms with Gasteiger partial charge in [-0.05, 0) is 18.8 Å². The third-order valence-corrected chi connectivity index (χ3v) is 4.01. The van der Waals surface area contributed by atoms with E-state index in [1.165, 1.54) is 38.5 Å². The van der Waals surface area contributed by atoms with E-state index in [2.05, 4.69) is 43.0 Å². The van der Waals surface area contributed by atoms with Crippen LogP contribution in [0.15, 0.2) is 6.07 Å². The molecule has 124 valence electrons. The molecule has 0 bridgehead atoms. The molecular weight excluding hydrogens is 274 g/mol. The molecule has 0 unspecified atom stereocenters. The van der Waals surface area contributed by atoms with E-state index < -0.39 is 0 Å². The maximum atomic E-state index is 5.82. The van der Waals surface area contributed by atoms with Crippen LogP contribution in [0.1, 0.15) is 78.0 Å². The standard InChI is InChI=1S/C18H31N3O/c1-13(2)12-22-17-11-16(20-18(21-17)14(3)4)19-15-9-7-5-6-8-10-15/h11,13-15H,5-10,12H2,1-4H3,(H,19,20,21). The lowest BCUT2D eigenvalue weighted by Gasteiger charge is -2.19. The second kappa shape index (κ2) is 8.35. The van der Waals surface area contributed by atoms with Crippen LogP contribution in [-0.4, -0.2) is 22.6 Å². The van der Waals surface area contributed by atoms with E-state index >= 15 is 0 Å². The Labute approximate surface area is 135 Å². The van der Waals surface area contributed by atoms with E-state index in [4.69, 9.17) is 4.74 Å². The fraction of sp³-hybridized carbons (Fsp3) is 0.778. The molecule has 1 fully saturated rings. The molecule has 0 amide bonds. The van der Waals surface area contributed by atoms with Crippen molar-refractivity contribution in [2.45, 2.75) is 78.2 Å². The molecule has 0 saturated heterocycles. The van der Waals surface area contributed by atoms with Crippen molar-refractivity contribution in [2.75, 3.05) is 11.9 Å². The molecule has 1 aliphatic carbocycles. The first kappa shape index (κ1) is 17.0. The Bertz CT molecular complexity index is 452. The average molecular weight is 305 g/mol. The van der Waals surface area contributed by atoms with E-state index in [9.17, 15) is 0 Å². The normalized spacial score (nSPS) is 16.8. The lowest BCUT2D eigenvalue weighted by atomic mass is 10.1. The highest BCUT2D eigenvalue weighted by molar-refractivity contribution is 5.40. The van der Waals surface area contributed by atoms with Crippen LogP contribution >= 0.6 is 0 Å². The van der Waals surface area contributed by atoms with Gasteiger partial charge in [-0.1, -0.05) is 53.4 Å². The number of nitrogens with one attached hydrogen (secondary N) is 1. The van der Waals surface area contributed by atoms with Crippen LogP contribution < -0.4 is 10.1 Å². The fourth-order valence-corrected chi connectivity index (χ4v) is 2.73. The van der Waals surface area contributed by atoms with Crippen LogP contribution in [0, 0.1) is 5.92 Å². The average Bonchev–Trinajstić information content (AvgIpc) is 2.73. The molecule has 1 aromatic heterocycles. The number of hydrogen-bond acceptors (Lipinski definition) is 4. The SMILES string of the molecule is CC(C)COc1cc(NC2CCCCCC2)nc(C(C)C)n1. The molecule has 0 spiro atoms.